The van der Waals surface area contributed by atoms with Crippen molar-refractivity contribution >= 4 is 34.6 Å². The number of amides is 2. The number of nitrogens with one attached hydrogen (secondary N) is 1. The van der Waals surface area contributed by atoms with E-state index in [4.69, 9.17) is 10.5 Å². The van der Waals surface area contributed by atoms with E-state index in [9.17, 15) is 9.59 Å². The number of carbonyl (C=O) groups excluding carboxylic acids is 2. The SMILES string of the molecule is COc1cccc(Cn2c(NC(=O)c3cccc(N)c3)nc3cc(C(=O)N4CCCCC4)cnc32)c1. The summed E-state index contributed by atoms with van der Waals surface area (Å²) in [5.74, 6) is 0.672. The zero-order valence-corrected chi connectivity index (χ0v) is 20.1. The van der Waals surface area contributed by atoms with Gasteiger partial charge in [-0.25, -0.2) is 9.97 Å². The Hall–Kier alpha value is -4.40. The highest BCUT2D eigenvalue weighted by Gasteiger charge is 2.21. The minimum Gasteiger partial charge on any atom is -0.497 e. The number of aromatic nitrogens is 3. The second-order valence-electron chi connectivity index (χ2n) is 8.87. The molecule has 2 aromatic carbocycles. The molecule has 0 radical (unpaired) electrons. The van der Waals surface area contributed by atoms with Gasteiger partial charge in [0.1, 0.15) is 11.3 Å². The largest absolute Gasteiger partial charge is 0.497 e. The predicted molar refractivity (Wildman–Crippen MR) is 138 cm³/mol. The maximum Gasteiger partial charge on any atom is 0.258 e. The number of methoxy groups -OCH3 is 1. The Bertz CT molecular complexity index is 1420. The van der Waals surface area contributed by atoms with E-state index in [-0.39, 0.29) is 11.8 Å². The number of likely N-dealkylation sites (tertiary alicyclic amines) is 1. The van der Waals surface area contributed by atoms with Crippen LogP contribution in [0.15, 0.2) is 60.8 Å². The normalized spacial score (nSPS) is 13.5. The third-order valence-electron chi connectivity index (χ3n) is 6.32. The van der Waals surface area contributed by atoms with Crippen LogP contribution >= 0.6 is 0 Å². The number of fused-ring (bicyclic) bond motifs is 1. The number of hydrogen-bond donors (Lipinski definition) is 2. The number of hydrogen-bond acceptors (Lipinski definition) is 6. The predicted octanol–water partition coefficient (Wildman–Crippen LogP) is 3.95. The van der Waals surface area contributed by atoms with Crippen molar-refractivity contribution in [2.24, 2.45) is 0 Å². The second kappa shape index (κ2) is 10.1. The Balaban J connectivity index is 1.52. The van der Waals surface area contributed by atoms with E-state index in [2.05, 4.69) is 15.3 Å². The van der Waals surface area contributed by atoms with Gasteiger partial charge in [-0.15, -0.1) is 0 Å². The molecule has 0 saturated carbocycles. The molecule has 1 fully saturated rings. The van der Waals surface area contributed by atoms with Crippen LogP contribution < -0.4 is 15.8 Å². The summed E-state index contributed by atoms with van der Waals surface area (Å²) >= 11 is 0. The highest BCUT2D eigenvalue weighted by atomic mass is 16.5. The van der Waals surface area contributed by atoms with Gasteiger partial charge >= 0.3 is 0 Å². The van der Waals surface area contributed by atoms with E-state index in [0.717, 1.165) is 43.7 Å². The van der Waals surface area contributed by atoms with E-state index in [1.807, 2.05) is 33.7 Å². The van der Waals surface area contributed by atoms with Crippen LogP contribution in [0.1, 0.15) is 45.5 Å². The summed E-state index contributed by atoms with van der Waals surface area (Å²) in [7, 11) is 1.62. The first kappa shape index (κ1) is 23.3. The molecule has 2 aromatic heterocycles. The fraction of sp³-hybridized carbons (Fsp3) is 0.259. The molecule has 0 spiro atoms. The van der Waals surface area contributed by atoms with Crippen molar-refractivity contribution < 1.29 is 14.3 Å². The quantitative estimate of drug-likeness (QED) is 0.401. The van der Waals surface area contributed by atoms with Crippen LogP contribution in [-0.2, 0) is 6.54 Å². The third kappa shape index (κ3) is 4.86. The summed E-state index contributed by atoms with van der Waals surface area (Å²) in [4.78, 5) is 37.2. The first-order valence-corrected chi connectivity index (χ1v) is 12.0. The minimum absolute atomic E-state index is 0.0446. The Kier molecular flexibility index (Phi) is 6.53. The lowest BCUT2D eigenvalue weighted by Gasteiger charge is -2.26. The highest BCUT2D eigenvalue weighted by molar-refractivity contribution is 6.04. The van der Waals surface area contributed by atoms with Crippen molar-refractivity contribution in [1.82, 2.24) is 19.4 Å². The molecule has 36 heavy (non-hydrogen) atoms. The van der Waals surface area contributed by atoms with Crippen molar-refractivity contribution in [3.63, 3.8) is 0 Å². The molecule has 1 aliphatic rings. The third-order valence-corrected chi connectivity index (χ3v) is 6.32. The lowest BCUT2D eigenvalue weighted by molar-refractivity contribution is 0.0724. The van der Waals surface area contributed by atoms with Crippen LogP contribution in [0.5, 0.6) is 5.75 Å². The number of anilines is 2. The average molecular weight is 485 g/mol. The Morgan fingerprint density at radius 1 is 1.03 bits per heavy atom. The Labute approximate surface area is 208 Å². The van der Waals surface area contributed by atoms with Gasteiger partial charge in [0.25, 0.3) is 11.8 Å². The number of pyridine rings is 1. The zero-order chi connectivity index (χ0) is 25.1. The number of carbonyl (C=O) groups is 2. The van der Waals surface area contributed by atoms with Crippen LogP contribution in [0.2, 0.25) is 0 Å². The smallest absolute Gasteiger partial charge is 0.258 e. The number of nitrogen functional groups attached to an aromatic ring is 1. The van der Waals surface area contributed by atoms with Crippen molar-refractivity contribution in [3.8, 4) is 5.75 Å². The maximum atomic E-state index is 13.0. The fourth-order valence-corrected chi connectivity index (χ4v) is 4.46. The van der Waals surface area contributed by atoms with E-state index in [1.165, 1.54) is 0 Å². The molecule has 3 heterocycles. The second-order valence-corrected chi connectivity index (χ2v) is 8.87. The summed E-state index contributed by atoms with van der Waals surface area (Å²) in [6.45, 7) is 1.90. The summed E-state index contributed by atoms with van der Waals surface area (Å²) in [5.41, 5.74) is 9.31. The van der Waals surface area contributed by atoms with E-state index < -0.39 is 0 Å². The number of rotatable bonds is 6. The average Bonchev–Trinajstić information content (AvgIpc) is 3.24. The molecule has 0 atom stereocenters. The van der Waals surface area contributed by atoms with Gasteiger partial charge in [-0.2, -0.15) is 0 Å². The molecule has 9 nitrogen and oxygen atoms in total. The Morgan fingerprint density at radius 2 is 1.83 bits per heavy atom. The fourth-order valence-electron chi connectivity index (χ4n) is 4.46. The molecule has 1 saturated heterocycles. The lowest BCUT2D eigenvalue weighted by Crippen LogP contribution is -2.35. The number of piperidine rings is 1. The molecule has 0 aliphatic carbocycles. The number of imidazole rings is 1. The van der Waals surface area contributed by atoms with Gasteiger partial charge in [0.15, 0.2) is 5.65 Å². The van der Waals surface area contributed by atoms with Gasteiger partial charge < -0.3 is 15.4 Å². The lowest BCUT2D eigenvalue weighted by atomic mass is 10.1. The van der Waals surface area contributed by atoms with Gasteiger partial charge in [-0.1, -0.05) is 18.2 Å². The van der Waals surface area contributed by atoms with Crippen molar-refractivity contribution in [1.29, 1.82) is 0 Å². The molecular formula is C27H28N6O3. The van der Waals surface area contributed by atoms with Crippen molar-refractivity contribution in [2.45, 2.75) is 25.8 Å². The summed E-state index contributed by atoms with van der Waals surface area (Å²) in [6, 6.07) is 16.2. The molecule has 9 heteroatoms. The minimum atomic E-state index is -0.339. The summed E-state index contributed by atoms with van der Waals surface area (Å²) in [5, 5.41) is 2.90. The van der Waals surface area contributed by atoms with Crippen molar-refractivity contribution in [2.75, 3.05) is 31.2 Å². The van der Waals surface area contributed by atoms with Crippen LogP contribution in [-0.4, -0.2) is 51.4 Å². The number of nitrogens with two attached hydrogens (primary N) is 1. The van der Waals surface area contributed by atoms with Crippen molar-refractivity contribution in [3.05, 3.63) is 77.5 Å². The van der Waals surface area contributed by atoms with E-state index >= 15 is 0 Å². The number of benzene rings is 2. The molecule has 0 unspecified atom stereocenters. The monoisotopic (exact) mass is 484 g/mol. The molecule has 1 aliphatic heterocycles. The topological polar surface area (TPSA) is 115 Å². The number of nitrogens with zero attached hydrogens (tertiary/aromatic N) is 4. The van der Waals surface area contributed by atoms with E-state index in [0.29, 0.717) is 40.5 Å². The first-order chi connectivity index (χ1) is 17.5. The van der Waals surface area contributed by atoms with Gasteiger partial charge in [-0.3, -0.25) is 19.5 Å². The Morgan fingerprint density at radius 3 is 2.61 bits per heavy atom. The van der Waals surface area contributed by atoms with Crippen LogP contribution in [0.4, 0.5) is 11.6 Å². The van der Waals surface area contributed by atoms with Crippen LogP contribution in [0.25, 0.3) is 11.2 Å². The molecule has 5 rings (SSSR count). The molecule has 0 bridgehead atoms. The maximum absolute atomic E-state index is 13.0. The van der Waals surface area contributed by atoms with E-state index in [1.54, 1.807) is 43.6 Å². The highest BCUT2D eigenvalue weighted by Crippen LogP contribution is 2.24. The molecular weight excluding hydrogens is 456 g/mol. The van der Waals surface area contributed by atoms with Crippen LogP contribution in [0, 0.1) is 0 Å². The number of ether oxygens (including phenoxy) is 1. The molecule has 2 amide bonds. The van der Waals surface area contributed by atoms with Gasteiger partial charge in [-0.05, 0) is 61.2 Å². The standard InChI is InChI=1S/C27H28N6O3/c1-36-22-10-5-7-18(13-22)17-33-24-23(15-20(16-29-24)26(35)32-11-3-2-4-12-32)30-27(33)31-25(34)19-8-6-9-21(28)14-19/h5-10,13-16H,2-4,11-12,17,28H2,1H3,(H,30,31,34). The van der Waals surface area contributed by atoms with Crippen LogP contribution in [0.3, 0.4) is 0 Å². The van der Waals surface area contributed by atoms with Gasteiger partial charge in [0.05, 0.1) is 19.2 Å². The molecule has 4 aromatic rings. The van der Waals surface area contributed by atoms with Gasteiger partial charge in [0.2, 0.25) is 5.95 Å². The first-order valence-electron chi connectivity index (χ1n) is 12.0. The molecule has 184 valence electrons. The zero-order valence-electron chi connectivity index (χ0n) is 20.1. The summed E-state index contributed by atoms with van der Waals surface area (Å²) in [6.07, 6.45) is 4.76. The summed E-state index contributed by atoms with van der Waals surface area (Å²) < 4.78 is 7.18. The van der Waals surface area contributed by atoms with Gasteiger partial charge in [0, 0.05) is 30.5 Å². The molecule has 3 N–H and O–H groups in total.